The molecule has 1 fully saturated rings. The van der Waals surface area contributed by atoms with Crippen LogP contribution >= 0.6 is 0 Å². The number of nitrogens with zero attached hydrogens (tertiary/aromatic N) is 4. The summed E-state index contributed by atoms with van der Waals surface area (Å²) in [6.07, 6.45) is 4.87. The van der Waals surface area contributed by atoms with Crippen molar-refractivity contribution in [3.8, 4) is 0 Å². The quantitative estimate of drug-likeness (QED) is 0.450. The largest absolute Gasteiger partial charge is 0.381 e. The lowest BCUT2D eigenvalue weighted by Crippen LogP contribution is -2.40. The van der Waals surface area contributed by atoms with E-state index in [4.69, 9.17) is 9.73 Å². The van der Waals surface area contributed by atoms with Gasteiger partial charge in [-0.1, -0.05) is 45.0 Å². The highest BCUT2D eigenvalue weighted by Crippen LogP contribution is 2.16. The lowest BCUT2D eigenvalue weighted by Gasteiger charge is -2.20. The summed E-state index contributed by atoms with van der Waals surface area (Å²) >= 11 is 0. The fraction of sp³-hybridized carbons (Fsp3) is 0.625. The maximum atomic E-state index is 5.51. The standard InChI is InChI=1S/C24H38N6O/c1-5-23-29-27-17-30(23)12-11-25-24(26-15-21-10-13-31-16-21)28-19(4)22-8-6-20(7-9-22)14-18(2)3/h6-9,17-19,21H,5,10-16H2,1-4H3,(H2,25,26,28). The molecule has 1 aliphatic rings. The van der Waals surface area contributed by atoms with Crippen molar-refractivity contribution in [3.63, 3.8) is 0 Å². The van der Waals surface area contributed by atoms with Crippen molar-refractivity contribution < 1.29 is 4.74 Å². The van der Waals surface area contributed by atoms with Crippen LogP contribution in [-0.2, 0) is 24.1 Å². The van der Waals surface area contributed by atoms with E-state index in [-0.39, 0.29) is 6.04 Å². The molecule has 0 aliphatic carbocycles. The lowest BCUT2D eigenvalue weighted by atomic mass is 10.00. The molecule has 0 amide bonds. The summed E-state index contributed by atoms with van der Waals surface area (Å²) in [5.41, 5.74) is 2.65. The summed E-state index contributed by atoms with van der Waals surface area (Å²) in [6, 6.07) is 9.10. The van der Waals surface area contributed by atoms with Crippen molar-refractivity contribution >= 4 is 5.96 Å². The van der Waals surface area contributed by atoms with Gasteiger partial charge in [0.15, 0.2) is 5.96 Å². The van der Waals surface area contributed by atoms with Crippen molar-refractivity contribution in [3.05, 3.63) is 47.5 Å². The highest BCUT2D eigenvalue weighted by atomic mass is 16.5. The number of benzene rings is 1. The van der Waals surface area contributed by atoms with Crippen LogP contribution in [-0.4, -0.2) is 47.0 Å². The monoisotopic (exact) mass is 426 g/mol. The van der Waals surface area contributed by atoms with E-state index in [0.717, 1.165) is 63.9 Å². The van der Waals surface area contributed by atoms with E-state index >= 15 is 0 Å². The van der Waals surface area contributed by atoms with E-state index in [2.05, 4.69) is 77.4 Å². The topological polar surface area (TPSA) is 76.4 Å². The second-order valence-corrected chi connectivity index (χ2v) is 8.85. The molecular formula is C24H38N6O. The first-order chi connectivity index (χ1) is 15.0. The molecule has 1 aromatic carbocycles. The zero-order valence-electron chi connectivity index (χ0n) is 19.5. The Hall–Kier alpha value is -2.41. The highest BCUT2D eigenvalue weighted by Gasteiger charge is 2.16. The SMILES string of the molecule is CCc1nncn1CCNC(=NCC1CCOC1)NC(C)c1ccc(CC(C)C)cc1. The minimum Gasteiger partial charge on any atom is -0.381 e. The molecule has 7 heteroatoms. The van der Waals surface area contributed by atoms with Gasteiger partial charge in [-0.15, -0.1) is 10.2 Å². The Kier molecular flexibility index (Phi) is 8.88. The van der Waals surface area contributed by atoms with E-state index in [9.17, 15) is 0 Å². The predicted molar refractivity (Wildman–Crippen MR) is 125 cm³/mol. The van der Waals surface area contributed by atoms with E-state index < -0.39 is 0 Å². The number of aliphatic imine (C=N–C) groups is 1. The molecule has 2 heterocycles. The molecule has 1 aromatic heterocycles. The van der Waals surface area contributed by atoms with Crippen LogP contribution in [0.1, 0.15) is 57.1 Å². The van der Waals surface area contributed by atoms with E-state index in [0.29, 0.717) is 11.8 Å². The third-order valence-corrected chi connectivity index (χ3v) is 5.67. The van der Waals surface area contributed by atoms with Crippen LogP contribution in [0.5, 0.6) is 0 Å². The van der Waals surface area contributed by atoms with Crippen LogP contribution in [0.15, 0.2) is 35.6 Å². The summed E-state index contributed by atoms with van der Waals surface area (Å²) in [4.78, 5) is 4.86. The predicted octanol–water partition coefficient (Wildman–Crippen LogP) is 3.37. The number of rotatable bonds is 10. The number of hydrogen-bond acceptors (Lipinski definition) is 4. The maximum Gasteiger partial charge on any atom is 0.191 e. The lowest BCUT2D eigenvalue weighted by molar-refractivity contribution is 0.187. The number of guanidine groups is 1. The minimum absolute atomic E-state index is 0.167. The molecule has 0 spiro atoms. The summed E-state index contributed by atoms with van der Waals surface area (Å²) in [5.74, 6) is 3.03. The zero-order valence-corrected chi connectivity index (χ0v) is 19.5. The maximum absolute atomic E-state index is 5.51. The zero-order chi connectivity index (χ0) is 22.1. The van der Waals surface area contributed by atoms with Crippen molar-refractivity contribution in [2.75, 3.05) is 26.3 Å². The molecule has 2 atom stereocenters. The van der Waals surface area contributed by atoms with Gasteiger partial charge in [0.05, 0.1) is 12.6 Å². The molecular weight excluding hydrogens is 388 g/mol. The number of aryl methyl sites for hydroxylation is 1. The Balaban J connectivity index is 1.60. The Morgan fingerprint density at radius 2 is 2.06 bits per heavy atom. The first-order valence-corrected chi connectivity index (χ1v) is 11.6. The van der Waals surface area contributed by atoms with Gasteiger partial charge in [0.25, 0.3) is 0 Å². The molecule has 2 aromatic rings. The van der Waals surface area contributed by atoms with Crippen LogP contribution in [0.3, 0.4) is 0 Å². The van der Waals surface area contributed by atoms with Gasteiger partial charge in [0.2, 0.25) is 0 Å². The van der Waals surface area contributed by atoms with Crippen molar-refractivity contribution in [1.29, 1.82) is 0 Å². The van der Waals surface area contributed by atoms with Crippen molar-refractivity contribution in [2.24, 2.45) is 16.8 Å². The second-order valence-electron chi connectivity index (χ2n) is 8.85. The molecule has 1 saturated heterocycles. The summed E-state index contributed by atoms with van der Waals surface area (Å²) in [5, 5.41) is 15.3. The fourth-order valence-corrected chi connectivity index (χ4v) is 3.84. The van der Waals surface area contributed by atoms with Gasteiger partial charge >= 0.3 is 0 Å². The van der Waals surface area contributed by atoms with Gasteiger partial charge in [-0.2, -0.15) is 0 Å². The second kappa shape index (κ2) is 11.8. The molecule has 0 saturated carbocycles. The van der Waals surface area contributed by atoms with Crippen LogP contribution in [0.2, 0.25) is 0 Å². The third-order valence-electron chi connectivity index (χ3n) is 5.67. The Labute approximate surface area is 186 Å². The molecule has 0 bridgehead atoms. The fourth-order valence-electron chi connectivity index (χ4n) is 3.84. The summed E-state index contributed by atoms with van der Waals surface area (Å²) < 4.78 is 7.60. The number of nitrogens with one attached hydrogen (secondary N) is 2. The normalized spacial score (nSPS) is 17.8. The Morgan fingerprint density at radius 3 is 2.74 bits per heavy atom. The molecule has 3 rings (SSSR count). The van der Waals surface area contributed by atoms with Gasteiger partial charge in [-0.3, -0.25) is 4.99 Å². The first kappa shape index (κ1) is 23.3. The van der Waals surface area contributed by atoms with Crippen molar-refractivity contribution in [1.82, 2.24) is 25.4 Å². The summed E-state index contributed by atoms with van der Waals surface area (Å²) in [7, 11) is 0. The van der Waals surface area contributed by atoms with Crippen LogP contribution in [0, 0.1) is 11.8 Å². The van der Waals surface area contributed by atoms with Crippen molar-refractivity contribution in [2.45, 2.75) is 59.5 Å². The molecule has 2 unspecified atom stereocenters. The van der Waals surface area contributed by atoms with Gasteiger partial charge in [-0.25, -0.2) is 0 Å². The average molecular weight is 427 g/mol. The molecule has 2 N–H and O–H groups in total. The molecule has 170 valence electrons. The van der Waals surface area contributed by atoms with Crippen LogP contribution in [0.4, 0.5) is 0 Å². The number of ether oxygens (including phenoxy) is 1. The Bertz CT molecular complexity index is 808. The van der Waals surface area contributed by atoms with E-state index in [1.54, 1.807) is 6.33 Å². The number of hydrogen-bond donors (Lipinski definition) is 2. The van der Waals surface area contributed by atoms with Gasteiger partial charge < -0.3 is 19.9 Å². The molecule has 0 radical (unpaired) electrons. The van der Waals surface area contributed by atoms with Gasteiger partial charge in [-0.05, 0) is 36.8 Å². The Morgan fingerprint density at radius 1 is 1.26 bits per heavy atom. The van der Waals surface area contributed by atoms with Gasteiger partial charge in [0, 0.05) is 38.6 Å². The molecule has 31 heavy (non-hydrogen) atoms. The van der Waals surface area contributed by atoms with E-state index in [1.165, 1.54) is 11.1 Å². The highest BCUT2D eigenvalue weighted by molar-refractivity contribution is 5.80. The average Bonchev–Trinajstić information content (AvgIpc) is 3.43. The summed E-state index contributed by atoms with van der Waals surface area (Å²) in [6.45, 7) is 12.8. The van der Waals surface area contributed by atoms with Crippen LogP contribution in [0.25, 0.3) is 0 Å². The van der Waals surface area contributed by atoms with Gasteiger partial charge in [0.1, 0.15) is 12.2 Å². The minimum atomic E-state index is 0.167. The smallest absolute Gasteiger partial charge is 0.191 e. The van der Waals surface area contributed by atoms with E-state index in [1.807, 2.05) is 0 Å². The number of aromatic nitrogens is 3. The third kappa shape index (κ3) is 7.35. The molecule has 7 nitrogen and oxygen atoms in total. The molecule has 1 aliphatic heterocycles. The van der Waals surface area contributed by atoms with Crippen LogP contribution < -0.4 is 10.6 Å². The first-order valence-electron chi connectivity index (χ1n) is 11.6.